The second-order valence-corrected chi connectivity index (χ2v) is 6.12. The quantitative estimate of drug-likeness (QED) is 0.785. The number of hydrogen-bond acceptors (Lipinski definition) is 3. The molecular weight excluding hydrogens is 212 g/mol. The minimum Gasteiger partial charge on any atom is -0.381 e. The topological polar surface area (TPSA) is 24.5 Å². The molecule has 3 heteroatoms. The molecule has 0 aromatic heterocycles. The van der Waals surface area contributed by atoms with Gasteiger partial charge in [0, 0.05) is 25.7 Å². The van der Waals surface area contributed by atoms with Crippen molar-refractivity contribution in [2.45, 2.75) is 38.1 Å². The van der Waals surface area contributed by atoms with E-state index in [2.05, 4.69) is 10.2 Å². The van der Waals surface area contributed by atoms with E-state index >= 15 is 0 Å². The van der Waals surface area contributed by atoms with Crippen molar-refractivity contribution in [2.75, 3.05) is 39.4 Å². The highest BCUT2D eigenvalue weighted by atomic mass is 16.5. The van der Waals surface area contributed by atoms with Crippen LogP contribution in [0.1, 0.15) is 32.1 Å². The summed E-state index contributed by atoms with van der Waals surface area (Å²) in [7, 11) is 0. The van der Waals surface area contributed by atoms with Crippen molar-refractivity contribution in [3.63, 3.8) is 0 Å². The molecule has 3 aliphatic rings. The van der Waals surface area contributed by atoms with Crippen molar-refractivity contribution < 1.29 is 4.74 Å². The molecule has 0 spiro atoms. The van der Waals surface area contributed by atoms with Gasteiger partial charge in [0.05, 0.1) is 6.61 Å². The summed E-state index contributed by atoms with van der Waals surface area (Å²) in [6.07, 6.45) is 6.93. The molecule has 0 bridgehead atoms. The third-order valence-corrected chi connectivity index (χ3v) is 4.50. The molecule has 2 aliphatic heterocycles. The van der Waals surface area contributed by atoms with Crippen molar-refractivity contribution in [1.82, 2.24) is 10.2 Å². The van der Waals surface area contributed by atoms with Crippen LogP contribution in [0.3, 0.4) is 0 Å². The fourth-order valence-electron chi connectivity index (χ4n) is 3.26. The Bertz CT molecular complexity index is 236. The standard InChI is InChI=1S/C14H26N2O/c1-2-13(11-17-7-1)9-15-8-12-5-6-16(10-12)14-3-4-14/h12-15H,1-11H2. The van der Waals surface area contributed by atoms with Crippen LogP contribution in [0.2, 0.25) is 0 Å². The molecule has 0 aromatic carbocycles. The number of hydrogen-bond donors (Lipinski definition) is 1. The molecule has 0 amide bonds. The molecule has 1 N–H and O–H groups in total. The predicted molar refractivity (Wildman–Crippen MR) is 69.1 cm³/mol. The predicted octanol–water partition coefficient (Wildman–Crippen LogP) is 1.49. The summed E-state index contributed by atoms with van der Waals surface area (Å²) in [5.41, 5.74) is 0. The zero-order valence-electron chi connectivity index (χ0n) is 10.9. The fraction of sp³-hybridized carbons (Fsp3) is 1.00. The lowest BCUT2D eigenvalue weighted by atomic mass is 10.0. The maximum absolute atomic E-state index is 5.51. The first-order valence-corrected chi connectivity index (χ1v) is 7.44. The van der Waals surface area contributed by atoms with Gasteiger partial charge in [-0.15, -0.1) is 0 Å². The van der Waals surface area contributed by atoms with E-state index in [0.717, 1.165) is 31.1 Å². The third kappa shape index (κ3) is 3.43. The van der Waals surface area contributed by atoms with Gasteiger partial charge in [0.2, 0.25) is 0 Å². The van der Waals surface area contributed by atoms with E-state index in [1.54, 1.807) is 0 Å². The van der Waals surface area contributed by atoms with E-state index in [-0.39, 0.29) is 0 Å². The summed E-state index contributed by atoms with van der Waals surface area (Å²) in [5.74, 6) is 1.67. The van der Waals surface area contributed by atoms with Gasteiger partial charge in [0.25, 0.3) is 0 Å². The second kappa shape index (κ2) is 5.68. The van der Waals surface area contributed by atoms with E-state index in [4.69, 9.17) is 4.74 Å². The van der Waals surface area contributed by atoms with Gasteiger partial charge in [-0.25, -0.2) is 0 Å². The lowest BCUT2D eigenvalue weighted by molar-refractivity contribution is 0.0545. The van der Waals surface area contributed by atoms with Crippen molar-refractivity contribution in [3.05, 3.63) is 0 Å². The minimum absolute atomic E-state index is 0.768. The molecule has 17 heavy (non-hydrogen) atoms. The van der Waals surface area contributed by atoms with Crippen LogP contribution < -0.4 is 5.32 Å². The number of rotatable bonds is 5. The maximum Gasteiger partial charge on any atom is 0.0506 e. The number of nitrogens with one attached hydrogen (secondary N) is 1. The fourth-order valence-corrected chi connectivity index (χ4v) is 3.26. The highest BCUT2D eigenvalue weighted by molar-refractivity contribution is 4.90. The smallest absolute Gasteiger partial charge is 0.0506 e. The van der Waals surface area contributed by atoms with E-state index in [1.165, 1.54) is 58.3 Å². The second-order valence-electron chi connectivity index (χ2n) is 6.12. The SMILES string of the molecule is C1COCC(CNCC2CCN(C3CC3)C2)C1. The summed E-state index contributed by atoms with van der Waals surface area (Å²) in [6.45, 7) is 7.05. The van der Waals surface area contributed by atoms with E-state index < -0.39 is 0 Å². The molecule has 3 nitrogen and oxygen atoms in total. The van der Waals surface area contributed by atoms with Gasteiger partial charge >= 0.3 is 0 Å². The van der Waals surface area contributed by atoms with Crippen LogP contribution in [0.25, 0.3) is 0 Å². The first-order valence-electron chi connectivity index (χ1n) is 7.44. The van der Waals surface area contributed by atoms with E-state index in [9.17, 15) is 0 Å². The highest BCUT2D eigenvalue weighted by Crippen LogP contribution is 2.31. The third-order valence-electron chi connectivity index (χ3n) is 4.50. The molecule has 98 valence electrons. The zero-order chi connectivity index (χ0) is 11.5. The number of nitrogens with zero attached hydrogens (tertiary/aromatic N) is 1. The Morgan fingerprint density at radius 3 is 2.71 bits per heavy atom. The molecular formula is C14H26N2O. The summed E-state index contributed by atoms with van der Waals surface area (Å²) < 4.78 is 5.51. The van der Waals surface area contributed by atoms with Gasteiger partial charge in [0.1, 0.15) is 0 Å². The van der Waals surface area contributed by atoms with Crippen LogP contribution in [0.5, 0.6) is 0 Å². The molecule has 2 atom stereocenters. The van der Waals surface area contributed by atoms with Crippen LogP contribution in [-0.2, 0) is 4.74 Å². The van der Waals surface area contributed by atoms with Gasteiger partial charge in [-0.3, -0.25) is 0 Å². The summed E-state index contributed by atoms with van der Waals surface area (Å²) in [6, 6.07) is 0.965. The normalized spacial score (nSPS) is 35.3. The first-order chi connectivity index (χ1) is 8.42. The molecule has 3 rings (SSSR count). The largest absolute Gasteiger partial charge is 0.381 e. The Morgan fingerprint density at radius 2 is 1.94 bits per heavy atom. The van der Waals surface area contributed by atoms with Crippen LogP contribution in [-0.4, -0.2) is 50.3 Å². The van der Waals surface area contributed by atoms with Gasteiger partial charge in [-0.2, -0.15) is 0 Å². The molecule has 0 radical (unpaired) electrons. The van der Waals surface area contributed by atoms with E-state index in [0.29, 0.717) is 0 Å². The summed E-state index contributed by atoms with van der Waals surface area (Å²) in [4.78, 5) is 2.70. The molecule has 1 saturated carbocycles. The minimum atomic E-state index is 0.768. The lowest BCUT2D eigenvalue weighted by Gasteiger charge is -2.23. The van der Waals surface area contributed by atoms with Crippen LogP contribution in [0.4, 0.5) is 0 Å². The van der Waals surface area contributed by atoms with Crippen LogP contribution >= 0.6 is 0 Å². The van der Waals surface area contributed by atoms with E-state index in [1.807, 2.05) is 0 Å². The van der Waals surface area contributed by atoms with Crippen molar-refractivity contribution in [1.29, 1.82) is 0 Å². The Balaban J connectivity index is 1.29. The molecule has 1 aliphatic carbocycles. The van der Waals surface area contributed by atoms with Crippen molar-refractivity contribution in [3.8, 4) is 0 Å². The average molecular weight is 238 g/mol. The maximum atomic E-state index is 5.51. The van der Waals surface area contributed by atoms with Gasteiger partial charge in [0.15, 0.2) is 0 Å². The number of likely N-dealkylation sites (tertiary alicyclic amines) is 1. The molecule has 0 aromatic rings. The van der Waals surface area contributed by atoms with Gasteiger partial charge in [-0.1, -0.05) is 0 Å². The monoisotopic (exact) mass is 238 g/mol. The van der Waals surface area contributed by atoms with Gasteiger partial charge < -0.3 is 15.0 Å². The zero-order valence-corrected chi connectivity index (χ0v) is 10.9. The van der Waals surface area contributed by atoms with Crippen molar-refractivity contribution in [2.24, 2.45) is 11.8 Å². The molecule has 2 saturated heterocycles. The highest BCUT2D eigenvalue weighted by Gasteiger charge is 2.34. The van der Waals surface area contributed by atoms with Gasteiger partial charge in [-0.05, 0) is 57.0 Å². The number of ether oxygens (including phenoxy) is 1. The summed E-state index contributed by atoms with van der Waals surface area (Å²) >= 11 is 0. The molecule has 2 unspecified atom stereocenters. The van der Waals surface area contributed by atoms with Crippen LogP contribution in [0.15, 0.2) is 0 Å². The Kier molecular flexibility index (Phi) is 3.99. The molecule has 3 fully saturated rings. The Labute approximate surface area is 105 Å². The first kappa shape index (κ1) is 11.9. The molecule has 2 heterocycles. The van der Waals surface area contributed by atoms with Crippen LogP contribution in [0, 0.1) is 11.8 Å². The summed E-state index contributed by atoms with van der Waals surface area (Å²) in [5, 5.41) is 3.67. The lowest BCUT2D eigenvalue weighted by Crippen LogP contribution is -2.33. The average Bonchev–Trinajstić information content (AvgIpc) is 3.11. The Hall–Kier alpha value is -0.120. The van der Waals surface area contributed by atoms with Crippen molar-refractivity contribution >= 4 is 0 Å². The Morgan fingerprint density at radius 1 is 1.06 bits per heavy atom.